The molecule has 0 saturated carbocycles. The highest BCUT2D eigenvalue weighted by Crippen LogP contribution is 2.03. The van der Waals surface area contributed by atoms with Crippen molar-refractivity contribution in [2.45, 2.75) is 26.3 Å². The van der Waals surface area contributed by atoms with Gasteiger partial charge in [0.05, 0.1) is 0 Å². The van der Waals surface area contributed by atoms with Crippen LogP contribution in [0.5, 0.6) is 0 Å². The first-order valence-corrected chi connectivity index (χ1v) is 4.72. The molecule has 0 spiro atoms. The zero-order chi connectivity index (χ0) is 10.4. The molecule has 0 aliphatic rings. The van der Waals surface area contributed by atoms with Gasteiger partial charge in [0.1, 0.15) is 0 Å². The lowest BCUT2D eigenvalue weighted by Gasteiger charge is -2.11. The van der Waals surface area contributed by atoms with Crippen LogP contribution in [-0.2, 0) is 6.42 Å². The number of nitrogens with two attached hydrogens (primary N) is 1. The van der Waals surface area contributed by atoms with Crippen molar-refractivity contribution in [3.05, 3.63) is 41.7 Å². The standard InChI is InChI=1S/C11H17N3/c1-9(2)6-11(14-12)7-10-4-3-5-13-8-10/h3-6,8,11,14H,7,12H2,1-2H3. The second-order valence-corrected chi connectivity index (χ2v) is 3.58. The SMILES string of the molecule is CC(C)=CC(Cc1cccnc1)NN. The molecule has 0 amide bonds. The molecule has 0 radical (unpaired) electrons. The molecule has 3 N–H and O–H groups in total. The molecular weight excluding hydrogens is 174 g/mol. The summed E-state index contributed by atoms with van der Waals surface area (Å²) in [6.45, 7) is 4.13. The first kappa shape index (κ1) is 10.9. The number of hydrogen-bond acceptors (Lipinski definition) is 3. The normalized spacial score (nSPS) is 12.2. The summed E-state index contributed by atoms with van der Waals surface area (Å²) in [5.41, 5.74) is 5.23. The van der Waals surface area contributed by atoms with E-state index < -0.39 is 0 Å². The van der Waals surface area contributed by atoms with Gasteiger partial charge in [-0.1, -0.05) is 17.7 Å². The monoisotopic (exact) mass is 191 g/mol. The fraction of sp³-hybridized carbons (Fsp3) is 0.364. The summed E-state index contributed by atoms with van der Waals surface area (Å²) in [5.74, 6) is 5.45. The number of rotatable bonds is 4. The Bertz CT molecular complexity index is 289. The van der Waals surface area contributed by atoms with E-state index >= 15 is 0 Å². The molecule has 0 fully saturated rings. The van der Waals surface area contributed by atoms with E-state index in [4.69, 9.17) is 5.84 Å². The minimum Gasteiger partial charge on any atom is -0.271 e. The second kappa shape index (κ2) is 5.52. The topological polar surface area (TPSA) is 50.9 Å². The highest BCUT2D eigenvalue weighted by Gasteiger charge is 2.03. The lowest BCUT2D eigenvalue weighted by molar-refractivity contribution is 0.613. The number of aromatic nitrogens is 1. The Morgan fingerprint density at radius 3 is 2.93 bits per heavy atom. The summed E-state index contributed by atoms with van der Waals surface area (Å²) in [5, 5.41) is 0. The summed E-state index contributed by atoms with van der Waals surface area (Å²) in [6.07, 6.45) is 6.63. The molecule has 3 nitrogen and oxygen atoms in total. The zero-order valence-corrected chi connectivity index (χ0v) is 8.70. The van der Waals surface area contributed by atoms with Gasteiger partial charge in [-0.05, 0) is 31.9 Å². The Balaban J connectivity index is 2.62. The number of hydrogen-bond donors (Lipinski definition) is 2. The summed E-state index contributed by atoms with van der Waals surface area (Å²) in [4.78, 5) is 4.06. The molecule has 1 atom stereocenters. The lowest BCUT2D eigenvalue weighted by atomic mass is 10.1. The molecule has 0 bridgehead atoms. The van der Waals surface area contributed by atoms with Crippen LogP contribution in [0.2, 0.25) is 0 Å². The van der Waals surface area contributed by atoms with E-state index in [0.717, 1.165) is 6.42 Å². The van der Waals surface area contributed by atoms with Gasteiger partial charge in [0.15, 0.2) is 0 Å². The predicted octanol–water partition coefficient (Wildman–Crippen LogP) is 1.42. The van der Waals surface area contributed by atoms with Gasteiger partial charge in [-0.25, -0.2) is 0 Å². The zero-order valence-electron chi connectivity index (χ0n) is 8.70. The number of pyridine rings is 1. The Kier molecular flexibility index (Phi) is 4.29. The molecular formula is C11H17N3. The third-order valence-electron chi connectivity index (χ3n) is 1.93. The summed E-state index contributed by atoms with van der Waals surface area (Å²) >= 11 is 0. The van der Waals surface area contributed by atoms with E-state index in [-0.39, 0.29) is 6.04 Å². The van der Waals surface area contributed by atoms with Crippen LogP contribution in [-0.4, -0.2) is 11.0 Å². The Morgan fingerprint density at radius 2 is 2.43 bits per heavy atom. The quantitative estimate of drug-likeness (QED) is 0.430. The van der Waals surface area contributed by atoms with Crippen molar-refractivity contribution in [3.63, 3.8) is 0 Å². The average Bonchev–Trinajstić information content (AvgIpc) is 2.17. The van der Waals surface area contributed by atoms with Crippen LogP contribution in [0.1, 0.15) is 19.4 Å². The van der Waals surface area contributed by atoms with E-state index in [9.17, 15) is 0 Å². The molecule has 14 heavy (non-hydrogen) atoms. The first-order valence-electron chi connectivity index (χ1n) is 4.72. The van der Waals surface area contributed by atoms with Crippen LogP contribution in [0, 0.1) is 0 Å². The van der Waals surface area contributed by atoms with Gasteiger partial charge < -0.3 is 0 Å². The summed E-state index contributed by atoms with van der Waals surface area (Å²) < 4.78 is 0. The van der Waals surface area contributed by atoms with Crippen LogP contribution < -0.4 is 11.3 Å². The summed E-state index contributed by atoms with van der Waals surface area (Å²) in [7, 11) is 0. The van der Waals surface area contributed by atoms with Gasteiger partial charge in [-0.2, -0.15) is 0 Å². The molecule has 1 aromatic heterocycles. The van der Waals surface area contributed by atoms with Crippen LogP contribution >= 0.6 is 0 Å². The van der Waals surface area contributed by atoms with Crippen molar-refractivity contribution >= 4 is 0 Å². The lowest BCUT2D eigenvalue weighted by Crippen LogP contribution is -2.35. The van der Waals surface area contributed by atoms with E-state index in [0.29, 0.717) is 0 Å². The molecule has 1 heterocycles. The Labute approximate surface area is 85.0 Å². The predicted molar refractivity (Wildman–Crippen MR) is 58.5 cm³/mol. The van der Waals surface area contributed by atoms with Crippen LogP contribution in [0.4, 0.5) is 0 Å². The maximum absolute atomic E-state index is 5.45. The van der Waals surface area contributed by atoms with Crippen molar-refractivity contribution in [3.8, 4) is 0 Å². The van der Waals surface area contributed by atoms with E-state index in [2.05, 4.69) is 36.4 Å². The minimum absolute atomic E-state index is 0.184. The molecule has 1 aromatic rings. The molecule has 0 aliphatic heterocycles. The highest BCUT2D eigenvalue weighted by molar-refractivity contribution is 5.13. The van der Waals surface area contributed by atoms with E-state index in [1.165, 1.54) is 11.1 Å². The van der Waals surface area contributed by atoms with Gasteiger partial charge >= 0.3 is 0 Å². The molecule has 0 aliphatic carbocycles. The maximum Gasteiger partial charge on any atom is 0.0433 e. The van der Waals surface area contributed by atoms with Gasteiger partial charge in [0.25, 0.3) is 0 Å². The van der Waals surface area contributed by atoms with Crippen LogP contribution in [0.3, 0.4) is 0 Å². The van der Waals surface area contributed by atoms with Gasteiger partial charge in [0, 0.05) is 18.4 Å². The molecule has 3 heteroatoms. The maximum atomic E-state index is 5.45. The van der Waals surface area contributed by atoms with Crippen LogP contribution in [0.15, 0.2) is 36.2 Å². The largest absolute Gasteiger partial charge is 0.271 e. The highest BCUT2D eigenvalue weighted by atomic mass is 15.2. The number of hydrazine groups is 1. The number of nitrogens with one attached hydrogen (secondary N) is 1. The van der Waals surface area contributed by atoms with Gasteiger partial charge in [0.2, 0.25) is 0 Å². The van der Waals surface area contributed by atoms with E-state index in [1.54, 1.807) is 6.20 Å². The van der Waals surface area contributed by atoms with Crippen molar-refractivity contribution < 1.29 is 0 Å². The summed E-state index contributed by atoms with van der Waals surface area (Å²) in [6, 6.07) is 4.17. The van der Waals surface area contributed by atoms with Crippen molar-refractivity contribution in [1.29, 1.82) is 0 Å². The fourth-order valence-electron chi connectivity index (χ4n) is 1.34. The molecule has 0 saturated heterocycles. The van der Waals surface area contributed by atoms with E-state index in [1.807, 2.05) is 12.3 Å². The van der Waals surface area contributed by atoms with Crippen molar-refractivity contribution in [1.82, 2.24) is 10.4 Å². The molecule has 76 valence electrons. The average molecular weight is 191 g/mol. The number of nitrogens with zero attached hydrogens (tertiary/aromatic N) is 1. The molecule has 1 rings (SSSR count). The second-order valence-electron chi connectivity index (χ2n) is 3.58. The van der Waals surface area contributed by atoms with Crippen molar-refractivity contribution in [2.24, 2.45) is 5.84 Å². The first-order chi connectivity index (χ1) is 6.72. The van der Waals surface area contributed by atoms with Crippen LogP contribution in [0.25, 0.3) is 0 Å². The van der Waals surface area contributed by atoms with Gasteiger partial charge in [-0.15, -0.1) is 0 Å². The molecule has 1 unspecified atom stereocenters. The Hall–Kier alpha value is -1.19. The van der Waals surface area contributed by atoms with Crippen molar-refractivity contribution in [2.75, 3.05) is 0 Å². The Morgan fingerprint density at radius 1 is 1.64 bits per heavy atom. The number of allylic oxidation sites excluding steroid dienone is 1. The molecule has 0 aromatic carbocycles. The smallest absolute Gasteiger partial charge is 0.0433 e. The van der Waals surface area contributed by atoms with Gasteiger partial charge in [-0.3, -0.25) is 16.3 Å². The minimum atomic E-state index is 0.184. The third kappa shape index (κ3) is 3.68. The fourth-order valence-corrected chi connectivity index (χ4v) is 1.34. The third-order valence-corrected chi connectivity index (χ3v) is 1.93.